The molecule has 1 N–H and O–H groups in total. The Bertz CT molecular complexity index is 1070. The highest BCUT2D eigenvalue weighted by atomic mass is 16.6. The number of para-hydroxylation sites is 1. The summed E-state index contributed by atoms with van der Waals surface area (Å²) in [5.74, 6) is 1.91. The van der Waals surface area contributed by atoms with E-state index >= 15 is 0 Å². The first-order chi connectivity index (χ1) is 14.7. The molecule has 1 atom stereocenters. The Hall–Kier alpha value is -3.98. The Kier molecular flexibility index (Phi) is 5.81. The third-order valence-corrected chi connectivity index (χ3v) is 4.73. The van der Waals surface area contributed by atoms with Crippen molar-refractivity contribution in [2.75, 3.05) is 19.0 Å². The van der Waals surface area contributed by atoms with Crippen LogP contribution in [-0.2, 0) is 6.42 Å². The third-order valence-electron chi connectivity index (χ3n) is 4.73. The number of hydrogen-bond acceptors (Lipinski definition) is 6. The zero-order valence-corrected chi connectivity index (χ0v) is 16.5. The second-order valence-corrected chi connectivity index (χ2v) is 6.80. The zero-order chi connectivity index (χ0) is 20.8. The van der Waals surface area contributed by atoms with Crippen molar-refractivity contribution in [2.24, 2.45) is 0 Å². The van der Waals surface area contributed by atoms with Gasteiger partial charge in [-0.3, -0.25) is 0 Å². The summed E-state index contributed by atoms with van der Waals surface area (Å²) >= 11 is 0. The van der Waals surface area contributed by atoms with E-state index in [2.05, 4.69) is 16.4 Å². The van der Waals surface area contributed by atoms with Crippen LogP contribution in [0.15, 0.2) is 78.6 Å². The molecule has 0 saturated carbocycles. The predicted octanol–water partition coefficient (Wildman–Crippen LogP) is 4.66. The minimum absolute atomic E-state index is 0.230. The van der Waals surface area contributed by atoms with Crippen molar-refractivity contribution in [3.63, 3.8) is 0 Å². The van der Waals surface area contributed by atoms with E-state index in [1.807, 2.05) is 54.6 Å². The van der Waals surface area contributed by atoms with Crippen molar-refractivity contribution in [2.45, 2.75) is 12.5 Å². The van der Waals surface area contributed by atoms with Crippen LogP contribution >= 0.6 is 0 Å². The summed E-state index contributed by atoms with van der Waals surface area (Å²) < 4.78 is 17.1. The first kappa shape index (κ1) is 19.3. The topological polar surface area (TPSA) is 76.4 Å². The number of benzene rings is 2. The van der Waals surface area contributed by atoms with Gasteiger partial charge in [-0.05, 0) is 35.9 Å². The van der Waals surface area contributed by atoms with Crippen LogP contribution < -0.4 is 19.5 Å². The summed E-state index contributed by atoms with van der Waals surface area (Å²) in [6.07, 6.45) is 3.74. The first-order valence-electron chi connectivity index (χ1n) is 9.58. The molecular weight excluding hydrogens is 378 g/mol. The fourth-order valence-electron chi connectivity index (χ4n) is 3.14. The summed E-state index contributed by atoms with van der Waals surface area (Å²) in [6.45, 7) is 0.390. The van der Waals surface area contributed by atoms with E-state index < -0.39 is 0 Å². The first-order valence-corrected chi connectivity index (χ1v) is 9.58. The minimum Gasteiger partial charge on any atom is -0.485 e. The molecule has 0 bridgehead atoms. The molecule has 0 spiro atoms. The van der Waals surface area contributed by atoms with Gasteiger partial charge >= 0.3 is 0 Å². The van der Waals surface area contributed by atoms with Gasteiger partial charge < -0.3 is 19.5 Å². The highest BCUT2D eigenvalue weighted by Crippen LogP contribution is 2.37. The van der Waals surface area contributed by atoms with Gasteiger partial charge in [0.15, 0.2) is 17.6 Å². The van der Waals surface area contributed by atoms with E-state index in [-0.39, 0.29) is 6.10 Å². The monoisotopic (exact) mass is 399 g/mol. The van der Waals surface area contributed by atoms with Crippen molar-refractivity contribution >= 4 is 5.69 Å². The zero-order valence-electron chi connectivity index (χ0n) is 16.5. The molecule has 0 saturated heterocycles. The maximum absolute atomic E-state index is 9.47. The molecule has 6 nitrogen and oxygen atoms in total. The van der Waals surface area contributed by atoms with E-state index in [4.69, 9.17) is 14.2 Å². The summed E-state index contributed by atoms with van der Waals surface area (Å²) in [5.41, 5.74) is 3.46. The Morgan fingerprint density at radius 2 is 2.07 bits per heavy atom. The SMILES string of the molecule is COc1ccc(C2COc3cc(C/C(C#N)=C/Nc4ccccc4)ccc3O2)cn1. The van der Waals surface area contributed by atoms with Gasteiger partial charge in [-0.25, -0.2) is 4.98 Å². The number of rotatable bonds is 6. The fraction of sp³-hybridized carbons (Fsp3) is 0.167. The summed E-state index contributed by atoms with van der Waals surface area (Å²) in [7, 11) is 1.58. The van der Waals surface area contributed by atoms with Gasteiger partial charge in [0.05, 0.1) is 13.2 Å². The molecule has 0 fully saturated rings. The Balaban J connectivity index is 1.43. The molecule has 1 aliphatic rings. The van der Waals surface area contributed by atoms with Crippen molar-refractivity contribution < 1.29 is 14.2 Å². The van der Waals surface area contributed by atoms with Crippen LogP contribution in [0, 0.1) is 11.3 Å². The normalized spacial score (nSPS) is 15.2. The molecule has 6 heteroatoms. The standard InChI is InChI=1S/C24H21N3O3/c1-28-24-10-8-19(15-27-24)23-16-29-22-12-17(7-9-21(22)30-23)11-18(13-25)14-26-20-5-3-2-4-6-20/h2-10,12,14-15,23,26H,11,16H2,1H3/b18-14-. The van der Waals surface area contributed by atoms with E-state index in [1.54, 1.807) is 25.6 Å². The molecule has 1 aliphatic heterocycles. The number of ether oxygens (including phenoxy) is 3. The Morgan fingerprint density at radius 3 is 2.80 bits per heavy atom. The smallest absolute Gasteiger partial charge is 0.212 e. The maximum Gasteiger partial charge on any atom is 0.212 e. The second kappa shape index (κ2) is 9.01. The number of nitriles is 1. The Labute approximate surface area is 175 Å². The molecule has 0 radical (unpaired) electrons. The van der Waals surface area contributed by atoms with Crippen LogP contribution in [0.1, 0.15) is 17.2 Å². The van der Waals surface area contributed by atoms with Crippen molar-refractivity contribution in [1.82, 2.24) is 4.98 Å². The molecule has 4 rings (SSSR count). The van der Waals surface area contributed by atoms with E-state index in [0.29, 0.717) is 36.0 Å². The molecule has 0 aliphatic carbocycles. The lowest BCUT2D eigenvalue weighted by molar-refractivity contribution is 0.0909. The maximum atomic E-state index is 9.47. The van der Waals surface area contributed by atoms with Crippen LogP contribution in [0.25, 0.3) is 0 Å². The van der Waals surface area contributed by atoms with Crippen LogP contribution in [-0.4, -0.2) is 18.7 Å². The molecular formula is C24H21N3O3. The highest BCUT2D eigenvalue weighted by Gasteiger charge is 2.23. The number of anilines is 1. The minimum atomic E-state index is -0.230. The molecule has 1 aromatic heterocycles. The number of allylic oxidation sites excluding steroid dienone is 1. The fourth-order valence-corrected chi connectivity index (χ4v) is 3.14. The Morgan fingerprint density at radius 1 is 1.20 bits per heavy atom. The average molecular weight is 399 g/mol. The number of pyridine rings is 1. The largest absolute Gasteiger partial charge is 0.485 e. The van der Waals surface area contributed by atoms with Crippen LogP contribution in [0.4, 0.5) is 5.69 Å². The molecule has 2 heterocycles. The molecule has 150 valence electrons. The van der Waals surface area contributed by atoms with Gasteiger partial charge in [0.25, 0.3) is 0 Å². The molecule has 2 aromatic carbocycles. The van der Waals surface area contributed by atoms with Gasteiger partial charge in [-0.15, -0.1) is 0 Å². The van der Waals surface area contributed by atoms with Gasteiger partial charge in [0, 0.05) is 41.7 Å². The van der Waals surface area contributed by atoms with Gasteiger partial charge in [0.1, 0.15) is 6.61 Å². The van der Waals surface area contributed by atoms with Gasteiger partial charge in [0.2, 0.25) is 5.88 Å². The molecule has 1 unspecified atom stereocenters. The third kappa shape index (κ3) is 4.53. The summed E-state index contributed by atoms with van der Waals surface area (Å²) in [4.78, 5) is 4.22. The van der Waals surface area contributed by atoms with Crippen LogP contribution in [0.5, 0.6) is 17.4 Å². The quantitative estimate of drug-likeness (QED) is 0.607. The van der Waals surface area contributed by atoms with Crippen LogP contribution in [0.2, 0.25) is 0 Å². The van der Waals surface area contributed by atoms with E-state index in [0.717, 1.165) is 16.8 Å². The van der Waals surface area contributed by atoms with Crippen molar-refractivity contribution in [3.05, 3.63) is 89.8 Å². The second-order valence-electron chi connectivity index (χ2n) is 6.80. The summed E-state index contributed by atoms with van der Waals surface area (Å²) in [6, 6.07) is 21.5. The van der Waals surface area contributed by atoms with Crippen molar-refractivity contribution in [1.29, 1.82) is 5.26 Å². The van der Waals surface area contributed by atoms with Crippen molar-refractivity contribution in [3.8, 4) is 23.4 Å². The lowest BCUT2D eigenvalue weighted by Gasteiger charge is -2.27. The number of methoxy groups -OCH3 is 1. The van der Waals surface area contributed by atoms with Gasteiger partial charge in [-0.2, -0.15) is 5.26 Å². The van der Waals surface area contributed by atoms with E-state index in [1.165, 1.54) is 0 Å². The number of fused-ring (bicyclic) bond motifs is 1. The summed E-state index contributed by atoms with van der Waals surface area (Å²) in [5, 5.41) is 12.6. The van der Waals surface area contributed by atoms with E-state index in [9.17, 15) is 5.26 Å². The lowest BCUT2D eigenvalue weighted by Crippen LogP contribution is -2.21. The number of nitrogens with zero attached hydrogens (tertiary/aromatic N) is 2. The highest BCUT2D eigenvalue weighted by molar-refractivity contribution is 5.49. The van der Waals surface area contributed by atoms with Crippen LogP contribution in [0.3, 0.4) is 0 Å². The molecule has 0 amide bonds. The van der Waals surface area contributed by atoms with Gasteiger partial charge in [-0.1, -0.05) is 24.3 Å². The lowest BCUT2D eigenvalue weighted by atomic mass is 10.1. The molecule has 30 heavy (non-hydrogen) atoms. The number of nitrogens with one attached hydrogen (secondary N) is 1. The number of aromatic nitrogens is 1. The predicted molar refractivity (Wildman–Crippen MR) is 114 cm³/mol. The molecule has 3 aromatic rings. The average Bonchev–Trinajstić information content (AvgIpc) is 2.82. The number of hydrogen-bond donors (Lipinski definition) is 1.